The summed E-state index contributed by atoms with van der Waals surface area (Å²) >= 11 is 6.19. The van der Waals surface area contributed by atoms with E-state index in [1.807, 2.05) is 4.90 Å². The summed E-state index contributed by atoms with van der Waals surface area (Å²) in [6.07, 6.45) is 1.75. The van der Waals surface area contributed by atoms with Crippen molar-refractivity contribution in [3.63, 3.8) is 0 Å². The fourth-order valence-electron chi connectivity index (χ4n) is 2.62. The largest absolute Gasteiger partial charge is 0.380 e. The molecule has 0 spiro atoms. The molecule has 0 bridgehead atoms. The molecule has 3 rings (SSSR count). The normalized spacial score (nSPS) is 20.9. The summed E-state index contributed by atoms with van der Waals surface area (Å²) in [5.74, 6) is 1.40. The van der Waals surface area contributed by atoms with Crippen molar-refractivity contribution >= 4 is 23.1 Å². The van der Waals surface area contributed by atoms with E-state index in [0.29, 0.717) is 30.5 Å². The van der Waals surface area contributed by atoms with Crippen molar-refractivity contribution in [2.24, 2.45) is 0 Å². The highest BCUT2D eigenvalue weighted by molar-refractivity contribution is 6.33. The number of anilines is 1. The second-order valence-electron chi connectivity index (χ2n) is 5.20. The van der Waals surface area contributed by atoms with Crippen LogP contribution in [0.15, 0.2) is 16.8 Å². The van der Waals surface area contributed by atoms with Crippen molar-refractivity contribution in [1.82, 2.24) is 15.1 Å². The van der Waals surface area contributed by atoms with E-state index < -0.39 is 4.92 Å². The predicted molar refractivity (Wildman–Crippen MR) is 80.4 cm³/mol. The summed E-state index contributed by atoms with van der Waals surface area (Å²) < 4.78 is 10.7. The molecular weight excluding hydrogens is 326 g/mol. The van der Waals surface area contributed by atoms with Crippen LogP contribution in [0.25, 0.3) is 0 Å². The first kappa shape index (κ1) is 15.6. The molecule has 1 fully saturated rings. The number of hydrogen-bond donors (Lipinski definition) is 0. The lowest BCUT2D eigenvalue weighted by molar-refractivity contribution is -0.385. The summed E-state index contributed by atoms with van der Waals surface area (Å²) in [5, 5.41) is 14.8. The minimum absolute atomic E-state index is 0.0553. The van der Waals surface area contributed by atoms with E-state index in [1.165, 1.54) is 12.3 Å². The molecule has 0 aromatic carbocycles. The zero-order valence-corrected chi connectivity index (χ0v) is 13.2. The first-order valence-electron chi connectivity index (χ1n) is 6.89. The molecule has 0 N–H and O–H groups in total. The summed E-state index contributed by atoms with van der Waals surface area (Å²) in [6, 6.07) is 1.03. The second-order valence-corrected chi connectivity index (χ2v) is 5.60. The highest BCUT2D eigenvalue weighted by Crippen LogP contribution is 2.39. The number of nitro groups is 1. The molecule has 2 atom stereocenters. The third kappa shape index (κ3) is 2.97. The third-order valence-corrected chi connectivity index (χ3v) is 3.99. The maximum atomic E-state index is 10.8. The van der Waals surface area contributed by atoms with Gasteiger partial charge in [0.2, 0.25) is 5.89 Å². The van der Waals surface area contributed by atoms with Crippen LogP contribution in [0.4, 0.5) is 11.5 Å². The average molecular weight is 340 g/mol. The lowest BCUT2D eigenvalue weighted by Gasteiger charge is -2.23. The molecular formula is C13H14ClN5O4. The zero-order valence-electron chi connectivity index (χ0n) is 12.5. The van der Waals surface area contributed by atoms with E-state index in [1.54, 1.807) is 14.0 Å². The highest BCUT2D eigenvalue weighted by Gasteiger charge is 2.38. The Morgan fingerprint density at radius 1 is 1.57 bits per heavy atom. The fraction of sp³-hybridized carbons (Fsp3) is 0.462. The van der Waals surface area contributed by atoms with Crippen LogP contribution >= 0.6 is 11.6 Å². The molecule has 1 aliphatic heterocycles. The summed E-state index contributed by atoms with van der Waals surface area (Å²) in [7, 11) is 1.62. The van der Waals surface area contributed by atoms with E-state index >= 15 is 0 Å². The Bertz CT molecular complexity index is 737. The molecule has 0 radical (unpaired) electrons. The molecule has 9 nitrogen and oxygen atoms in total. The molecule has 3 heterocycles. The number of aryl methyl sites for hydroxylation is 1. The van der Waals surface area contributed by atoms with Gasteiger partial charge in [0.05, 0.1) is 16.0 Å². The van der Waals surface area contributed by atoms with Gasteiger partial charge in [-0.25, -0.2) is 4.98 Å². The molecule has 10 heteroatoms. The van der Waals surface area contributed by atoms with E-state index in [9.17, 15) is 10.1 Å². The van der Waals surface area contributed by atoms with Crippen molar-refractivity contribution in [3.8, 4) is 0 Å². The molecule has 1 aliphatic rings. The van der Waals surface area contributed by atoms with Crippen LogP contribution in [0.1, 0.15) is 24.2 Å². The van der Waals surface area contributed by atoms with E-state index in [2.05, 4.69) is 15.1 Å². The molecule has 2 unspecified atom stereocenters. The van der Waals surface area contributed by atoms with Crippen molar-refractivity contribution in [1.29, 1.82) is 0 Å². The van der Waals surface area contributed by atoms with E-state index in [-0.39, 0.29) is 22.9 Å². The molecule has 0 amide bonds. The van der Waals surface area contributed by atoms with Gasteiger partial charge in [-0.2, -0.15) is 4.98 Å². The van der Waals surface area contributed by atoms with Crippen LogP contribution < -0.4 is 4.90 Å². The van der Waals surface area contributed by atoms with Crippen LogP contribution in [-0.4, -0.2) is 39.8 Å². The van der Waals surface area contributed by atoms with Crippen LogP contribution in [0.5, 0.6) is 0 Å². The molecule has 2 aromatic rings. The summed E-state index contributed by atoms with van der Waals surface area (Å²) in [6.45, 7) is 2.25. The van der Waals surface area contributed by atoms with Crippen molar-refractivity contribution in [3.05, 3.63) is 39.1 Å². The van der Waals surface area contributed by atoms with Crippen LogP contribution in [0.3, 0.4) is 0 Å². The topological polar surface area (TPSA) is 107 Å². The number of halogens is 1. The van der Waals surface area contributed by atoms with Gasteiger partial charge < -0.3 is 14.2 Å². The first-order valence-corrected chi connectivity index (χ1v) is 7.27. The Kier molecular flexibility index (Phi) is 4.14. The molecule has 0 saturated carbocycles. The van der Waals surface area contributed by atoms with E-state index in [4.69, 9.17) is 20.9 Å². The number of rotatable bonds is 4. The third-order valence-electron chi connectivity index (χ3n) is 3.71. The maximum Gasteiger partial charge on any atom is 0.289 e. The quantitative estimate of drug-likeness (QED) is 0.616. The lowest BCUT2D eigenvalue weighted by atomic mass is 10.2. The monoisotopic (exact) mass is 339 g/mol. The Balaban J connectivity index is 1.97. The van der Waals surface area contributed by atoms with Crippen LogP contribution in [-0.2, 0) is 4.74 Å². The zero-order chi connectivity index (χ0) is 16.6. The number of pyridine rings is 1. The predicted octanol–water partition coefficient (Wildman–Crippen LogP) is 2.30. The Hall–Kier alpha value is -2.26. The van der Waals surface area contributed by atoms with Crippen molar-refractivity contribution in [2.45, 2.75) is 25.5 Å². The van der Waals surface area contributed by atoms with Gasteiger partial charge in [-0.1, -0.05) is 16.8 Å². The van der Waals surface area contributed by atoms with Gasteiger partial charge in [-0.05, 0) is 6.92 Å². The molecule has 2 aromatic heterocycles. The Morgan fingerprint density at radius 2 is 2.35 bits per heavy atom. The summed E-state index contributed by atoms with van der Waals surface area (Å²) in [4.78, 5) is 20.5. The number of aromatic nitrogens is 3. The SMILES string of the molecule is COC1CC(c2nc(C)no2)N(c2ncc([N+](=O)[O-])cc2Cl)C1. The maximum absolute atomic E-state index is 10.8. The molecule has 23 heavy (non-hydrogen) atoms. The van der Waals surface area contributed by atoms with Crippen LogP contribution in [0.2, 0.25) is 5.02 Å². The van der Waals surface area contributed by atoms with Gasteiger partial charge in [0.15, 0.2) is 5.82 Å². The number of methoxy groups -OCH3 is 1. The van der Waals surface area contributed by atoms with Crippen molar-refractivity contribution in [2.75, 3.05) is 18.6 Å². The summed E-state index contributed by atoms with van der Waals surface area (Å²) in [5.41, 5.74) is -0.161. The molecule has 0 aliphatic carbocycles. The van der Waals surface area contributed by atoms with E-state index in [0.717, 1.165) is 0 Å². The lowest BCUT2D eigenvalue weighted by Crippen LogP contribution is -2.26. The number of hydrogen-bond acceptors (Lipinski definition) is 8. The Labute approximate surface area is 136 Å². The number of ether oxygens (including phenoxy) is 1. The van der Waals surface area contributed by atoms with Gasteiger partial charge in [0.25, 0.3) is 5.69 Å². The smallest absolute Gasteiger partial charge is 0.289 e. The van der Waals surface area contributed by atoms with Gasteiger partial charge in [-0.3, -0.25) is 10.1 Å². The van der Waals surface area contributed by atoms with Crippen molar-refractivity contribution < 1.29 is 14.2 Å². The Morgan fingerprint density at radius 3 is 2.91 bits per heavy atom. The van der Waals surface area contributed by atoms with Gasteiger partial charge >= 0.3 is 0 Å². The van der Waals surface area contributed by atoms with Crippen LogP contribution in [0, 0.1) is 17.0 Å². The first-order chi connectivity index (χ1) is 11.0. The second kappa shape index (κ2) is 6.09. The highest BCUT2D eigenvalue weighted by atomic mass is 35.5. The van der Waals surface area contributed by atoms with Gasteiger partial charge in [-0.15, -0.1) is 0 Å². The standard InChI is InChI=1S/C13H14ClN5O4/c1-7-16-13(23-17-7)11-4-9(22-2)6-18(11)12-10(14)3-8(5-15-12)19(20)21/h3,5,9,11H,4,6H2,1-2H3. The fourth-order valence-corrected chi connectivity index (χ4v) is 2.89. The minimum atomic E-state index is -0.538. The van der Waals surface area contributed by atoms with Gasteiger partial charge in [0.1, 0.15) is 18.1 Å². The molecule has 122 valence electrons. The van der Waals surface area contributed by atoms with Gasteiger partial charge in [0, 0.05) is 26.1 Å². The number of nitrogens with zero attached hydrogens (tertiary/aromatic N) is 5. The minimum Gasteiger partial charge on any atom is -0.380 e. The molecule has 1 saturated heterocycles. The average Bonchev–Trinajstić information content (AvgIpc) is 3.12.